The van der Waals surface area contributed by atoms with Gasteiger partial charge in [0.25, 0.3) is 0 Å². The highest BCUT2D eigenvalue weighted by atomic mass is 16.5. The highest BCUT2D eigenvalue weighted by Gasteiger charge is 2.04. The SMILES string of the molecule is CC(N)c1ncc(Oc2cccc(O)c2)cn1. The molecule has 2 rings (SSSR count). The number of phenolic OH excluding ortho intramolecular Hbond substituents is 1. The van der Waals surface area contributed by atoms with Crippen LogP contribution in [0.4, 0.5) is 0 Å². The molecular weight excluding hydrogens is 218 g/mol. The molecule has 5 heteroatoms. The van der Waals surface area contributed by atoms with Gasteiger partial charge in [0.15, 0.2) is 5.75 Å². The van der Waals surface area contributed by atoms with Crippen LogP contribution in [-0.2, 0) is 0 Å². The highest BCUT2D eigenvalue weighted by molar-refractivity contribution is 5.34. The number of nitrogens with two attached hydrogens (primary N) is 1. The second kappa shape index (κ2) is 4.80. The van der Waals surface area contributed by atoms with E-state index in [0.29, 0.717) is 17.3 Å². The molecule has 0 amide bonds. The van der Waals surface area contributed by atoms with Gasteiger partial charge in [0.1, 0.15) is 17.3 Å². The third-order valence-electron chi connectivity index (χ3n) is 2.11. The summed E-state index contributed by atoms with van der Waals surface area (Å²) < 4.78 is 5.47. The average Bonchev–Trinajstić information content (AvgIpc) is 2.29. The smallest absolute Gasteiger partial charge is 0.164 e. The fourth-order valence-corrected chi connectivity index (χ4v) is 1.30. The van der Waals surface area contributed by atoms with E-state index < -0.39 is 0 Å². The van der Waals surface area contributed by atoms with Crippen molar-refractivity contribution in [2.75, 3.05) is 0 Å². The lowest BCUT2D eigenvalue weighted by molar-refractivity contribution is 0.452. The summed E-state index contributed by atoms with van der Waals surface area (Å²) in [5.41, 5.74) is 5.64. The van der Waals surface area contributed by atoms with Crippen LogP contribution in [0, 0.1) is 0 Å². The van der Waals surface area contributed by atoms with E-state index in [1.807, 2.05) is 6.92 Å². The largest absolute Gasteiger partial charge is 0.508 e. The molecule has 5 nitrogen and oxygen atoms in total. The quantitative estimate of drug-likeness (QED) is 0.844. The van der Waals surface area contributed by atoms with Crippen LogP contribution in [0.15, 0.2) is 36.7 Å². The van der Waals surface area contributed by atoms with E-state index in [-0.39, 0.29) is 11.8 Å². The third kappa shape index (κ3) is 2.92. The Bertz CT molecular complexity index is 497. The van der Waals surface area contributed by atoms with Gasteiger partial charge in [0, 0.05) is 6.07 Å². The first-order valence-electron chi connectivity index (χ1n) is 5.19. The van der Waals surface area contributed by atoms with Gasteiger partial charge in [-0.25, -0.2) is 9.97 Å². The lowest BCUT2D eigenvalue weighted by Crippen LogP contribution is -2.09. The zero-order valence-electron chi connectivity index (χ0n) is 9.37. The summed E-state index contributed by atoms with van der Waals surface area (Å²) in [7, 11) is 0. The van der Waals surface area contributed by atoms with Gasteiger partial charge in [0.05, 0.1) is 18.4 Å². The Balaban J connectivity index is 2.14. The lowest BCUT2D eigenvalue weighted by atomic mass is 10.3. The molecule has 0 aliphatic heterocycles. The minimum Gasteiger partial charge on any atom is -0.508 e. The van der Waals surface area contributed by atoms with Crippen LogP contribution in [0.5, 0.6) is 17.2 Å². The minimum atomic E-state index is -0.204. The van der Waals surface area contributed by atoms with Gasteiger partial charge in [-0.1, -0.05) is 6.07 Å². The lowest BCUT2D eigenvalue weighted by Gasteiger charge is -2.07. The van der Waals surface area contributed by atoms with Gasteiger partial charge in [-0.15, -0.1) is 0 Å². The summed E-state index contributed by atoms with van der Waals surface area (Å²) in [6.45, 7) is 1.81. The van der Waals surface area contributed by atoms with E-state index in [1.54, 1.807) is 30.6 Å². The summed E-state index contributed by atoms with van der Waals surface area (Å²) in [4.78, 5) is 8.15. The second-order valence-corrected chi connectivity index (χ2v) is 3.67. The zero-order valence-corrected chi connectivity index (χ0v) is 9.37. The van der Waals surface area contributed by atoms with Gasteiger partial charge in [-0.05, 0) is 19.1 Å². The Morgan fingerprint density at radius 3 is 2.53 bits per heavy atom. The fourth-order valence-electron chi connectivity index (χ4n) is 1.30. The molecule has 0 aliphatic rings. The van der Waals surface area contributed by atoms with Crippen LogP contribution in [-0.4, -0.2) is 15.1 Å². The second-order valence-electron chi connectivity index (χ2n) is 3.67. The van der Waals surface area contributed by atoms with Crippen LogP contribution in [0.3, 0.4) is 0 Å². The molecule has 88 valence electrons. The number of aromatic nitrogens is 2. The summed E-state index contributed by atoms with van der Waals surface area (Å²) in [6.07, 6.45) is 3.10. The Morgan fingerprint density at radius 1 is 1.24 bits per heavy atom. The van der Waals surface area contributed by atoms with Crippen molar-refractivity contribution in [3.8, 4) is 17.2 Å². The molecule has 1 atom stereocenters. The first-order valence-corrected chi connectivity index (χ1v) is 5.19. The maximum Gasteiger partial charge on any atom is 0.164 e. The number of aromatic hydroxyl groups is 1. The van der Waals surface area contributed by atoms with Gasteiger partial charge >= 0.3 is 0 Å². The summed E-state index contributed by atoms with van der Waals surface area (Å²) >= 11 is 0. The Labute approximate surface area is 98.9 Å². The van der Waals surface area contributed by atoms with Crippen molar-refractivity contribution in [1.29, 1.82) is 0 Å². The number of nitrogens with zero attached hydrogens (tertiary/aromatic N) is 2. The summed E-state index contributed by atoms with van der Waals surface area (Å²) in [5.74, 6) is 1.74. The van der Waals surface area contributed by atoms with E-state index in [0.717, 1.165) is 0 Å². The molecule has 0 aliphatic carbocycles. The molecule has 2 aromatic rings. The van der Waals surface area contributed by atoms with E-state index in [2.05, 4.69) is 9.97 Å². The summed E-state index contributed by atoms with van der Waals surface area (Å²) in [6, 6.07) is 6.31. The van der Waals surface area contributed by atoms with Crippen molar-refractivity contribution < 1.29 is 9.84 Å². The van der Waals surface area contributed by atoms with Crippen molar-refractivity contribution in [1.82, 2.24) is 9.97 Å². The number of hydrogen-bond acceptors (Lipinski definition) is 5. The average molecular weight is 231 g/mol. The standard InChI is InChI=1S/C12H13N3O2/c1-8(13)12-14-6-11(7-15-12)17-10-4-2-3-9(16)5-10/h2-8,16H,13H2,1H3. The molecule has 1 unspecified atom stereocenters. The molecule has 3 N–H and O–H groups in total. The Morgan fingerprint density at radius 2 is 1.94 bits per heavy atom. The highest BCUT2D eigenvalue weighted by Crippen LogP contribution is 2.23. The number of phenols is 1. The van der Waals surface area contributed by atoms with Crippen LogP contribution < -0.4 is 10.5 Å². The number of benzene rings is 1. The summed E-state index contributed by atoms with van der Waals surface area (Å²) in [5, 5.41) is 9.28. The maximum atomic E-state index is 9.28. The molecule has 1 aromatic heterocycles. The molecule has 17 heavy (non-hydrogen) atoms. The van der Waals surface area contributed by atoms with Crippen molar-refractivity contribution in [3.63, 3.8) is 0 Å². The molecular formula is C12H13N3O2. The van der Waals surface area contributed by atoms with Crippen molar-refractivity contribution in [3.05, 3.63) is 42.5 Å². The van der Waals surface area contributed by atoms with Gasteiger partial charge in [0.2, 0.25) is 0 Å². The molecule has 0 bridgehead atoms. The van der Waals surface area contributed by atoms with Gasteiger partial charge in [-0.3, -0.25) is 0 Å². The number of hydrogen-bond donors (Lipinski definition) is 2. The monoisotopic (exact) mass is 231 g/mol. The van der Waals surface area contributed by atoms with Crippen LogP contribution in [0.25, 0.3) is 0 Å². The van der Waals surface area contributed by atoms with E-state index >= 15 is 0 Å². The Hall–Kier alpha value is -2.14. The maximum absolute atomic E-state index is 9.28. The normalized spacial score (nSPS) is 12.1. The molecule has 0 fully saturated rings. The minimum absolute atomic E-state index is 0.149. The van der Waals surface area contributed by atoms with Gasteiger partial charge in [-0.2, -0.15) is 0 Å². The topological polar surface area (TPSA) is 81.3 Å². The van der Waals surface area contributed by atoms with E-state index in [1.165, 1.54) is 6.07 Å². The van der Waals surface area contributed by atoms with Crippen LogP contribution >= 0.6 is 0 Å². The molecule has 1 aromatic carbocycles. The van der Waals surface area contributed by atoms with Crippen LogP contribution in [0.2, 0.25) is 0 Å². The molecule has 1 heterocycles. The predicted octanol–water partition coefficient (Wildman–Crippen LogP) is 1.99. The van der Waals surface area contributed by atoms with Gasteiger partial charge < -0.3 is 15.6 Å². The van der Waals surface area contributed by atoms with Crippen molar-refractivity contribution in [2.24, 2.45) is 5.73 Å². The molecule has 0 spiro atoms. The molecule has 0 saturated heterocycles. The first-order chi connectivity index (χ1) is 8.15. The Kier molecular flexibility index (Phi) is 3.20. The van der Waals surface area contributed by atoms with Crippen molar-refractivity contribution >= 4 is 0 Å². The number of ether oxygens (including phenoxy) is 1. The van der Waals surface area contributed by atoms with Crippen LogP contribution in [0.1, 0.15) is 18.8 Å². The molecule has 0 saturated carbocycles. The van der Waals surface area contributed by atoms with E-state index in [9.17, 15) is 5.11 Å². The van der Waals surface area contributed by atoms with E-state index in [4.69, 9.17) is 10.5 Å². The predicted molar refractivity (Wildman–Crippen MR) is 62.8 cm³/mol. The van der Waals surface area contributed by atoms with Crippen molar-refractivity contribution in [2.45, 2.75) is 13.0 Å². The first kappa shape index (κ1) is 11.3. The number of rotatable bonds is 3. The molecule has 0 radical (unpaired) electrons. The zero-order chi connectivity index (χ0) is 12.3. The fraction of sp³-hybridized carbons (Fsp3) is 0.167. The third-order valence-corrected chi connectivity index (χ3v) is 2.11.